The normalized spacial score (nSPS) is 12.2. The first-order chi connectivity index (χ1) is 9.56. The maximum Gasteiger partial charge on any atom is 0.244 e. The van der Waals surface area contributed by atoms with E-state index in [0.29, 0.717) is 0 Å². The van der Waals surface area contributed by atoms with Gasteiger partial charge in [0.15, 0.2) is 0 Å². The van der Waals surface area contributed by atoms with E-state index >= 15 is 0 Å². The zero-order valence-electron chi connectivity index (χ0n) is 11.9. The van der Waals surface area contributed by atoms with Gasteiger partial charge in [-0.2, -0.15) is 0 Å². The number of carbonyl (C=O) groups excluding carboxylic acids is 1. The van der Waals surface area contributed by atoms with Gasteiger partial charge in [0.05, 0.1) is 0 Å². The van der Waals surface area contributed by atoms with Gasteiger partial charge < -0.3 is 4.90 Å². The summed E-state index contributed by atoms with van der Waals surface area (Å²) in [4.78, 5) is 18.1. The summed E-state index contributed by atoms with van der Waals surface area (Å²) < 4.78 is 1.41. The Balaban J connectivity index is 1.94. The van der Waals surface area contributed by atoms with Gasteiger partial charge in [0.25, 0.3) is 0 Å². The Bertz CT molecular complexity index is 568. The first kappa shape index (κ1) is 14.1. The molecule has 0 saturated heterocycles. The molecule has 2 aromatic heterocycles. The Morgan fingerprint density at radius 2 is 2.30 bits per heavy atom. The molecule has 106 valence electrons. The second kappa shape index (κ2) is 6.23. The van der Waals surface area contributed by atoms with Crippen LogP contribution in [0.25, 0.3) is 0 Å². The summed E-state index contributed by atoms with van der Waals surface area (Å²) >= 11 is 0. The van der Waals surface area contributed by atoms with Crippen molar-refractivity contribution in [3.63, 3.8) is 0 Å². The lowest BCUT2D eigenvalue weighted by molar-refractivity contribution is -0.132. The van der Waals surface area contributed by atoms with Gasteiger partial charge in [-0.05, 0) is 42.0 Å². The van der Waals surface area contributed by atoms with Gasteiger partial charge in [-0.3, -0.25) is 9.78 Å². The van der Waals surface area contributed by atoms with Gasteiger partial charge in [0.2, 0.25) is 5.91 Å². The van der Waals surface area contributed by atoms with Crippen LogP contribution in [0.3, 0.4) is 0 Å². The van der Waals surface area contributed by atoms with E-state index in [-0.39, 0.29) is 18.5 Å². The first-order valence-electron chi connectivity index (χ1n) is 6.44. The molecule has 0 aliphatic rings. The highest BCUT2D eigenvalue weighted by Crippen LogP contribution is 2.07. The van der Waals surface area contributed by atoms with Crippen LogP contribution in [0, 0.1) is 6.92 Å². The molecule has 7 heteroatoms. The van der Waals surface area contributed by atoms with E-state index in [0.717, 1.165) is 12.1 Å². The zero-order valence-corrected chi connectivity index (χ0v) is 11.9. The zero-order chi connectivity index (χ0) is 14.5. The van der Waals surface area contributed by atoms with Gasteiger partial charge in [-0.25, -0.2) is 4.68 Å². The Hall–Kier alpha value is -2.31. The van der Waals surface area contributed by atoms with Crippen molar-refractivity contribution < 1.29 is 4.79 Å². The molecule has 1 amide bonds. The molecule has 0 aliphatic carbocycles. The minimum Gasteiger partial charge on any atom is -0.341 e. The number of hydrogen-bond acceptors (Lipinski definition) is 5. The Labute approximate surface area is 117 Å². The number of pyridine rings is 1. The molecule has 0 aromatic carbocycles. The largest absolute Gasteiger partial charge is 0.341 e. The van der Waals surface area contributed by atoms with Crippen LogP contribution in [0.2, 0.25) is 0 Å². The van der Waals surface area contributed by atoms with Crippen LogP contribution in [0.1, 0.15) is 18.2 Å². The highest BCUT2D eigenvalue weighted by atomic mass is 16.2. The van der Waals surface area contributed by atoms with Gasteiger partial charge in [-0.1, -0.05) is 0 Å². The summed E-state index contributed by atoms with van der Waals surface area (Å²) in [5.74, 6) is -0.0301. The second-order valence-electron chi connectivity index (χ2n) is 4.89. The molecule has 0 aliphatic heterocycles. The summed E-state index contributed by atoms with van der Waals surface area (Å²) in [6.45, 7) is 4.18. The quantitative estimate of drug-likeness (QED) is 0.792. The highest BCUT2D eigenvalue weighted by Gasteiger charge is 2.17. The fourth-order valence-electron chi connectivity index (χ4n) is 1.90. The van der Waals surface area contributed by atoms with Crippen molar-refractivity contribution in [2.45, 2.75) is 32.9 Å². The fourth-order valence-corrected chi connectivity index (χ4v) is 1.90. The minimum atomic E-state index is -0.0301. The van der Waals surface area contributed by atoms with E-state index in [2.05, 4.69) is 20.5 Å². The van der Waals surface area contributed by atoms with E-state index < -0.39 is 0 Å². The van der Waals surface area contributed by atoms with Crippen molar-refractivity contribution in [3.8, 4) is 0 Å². The Morgan fingerprint density at radius 1 is 1.50 bits per heavy atom. The molecular weight excluding hydrogens is 256 g/mol. The SMILES string of the molecule is Cc1ccnc(CC(C)N(C)C(=O)Cn2cnnn2)c1. The van der Waals surface area contributed by atoms with Crippen molar-refractivity contribution in [1.29, 1.82) is 0 Å². The third-order valence-electron chi connectivity index (χ3n) is 3.22. The number of amides is 1. The summed E-state index contributed by atoms with van der Waals surface area (Å²) in [7, 11) is 1.78. The molecule has 1 unspecified atom stereocenters. The molecule has 20 heavy (non-hydrogen) atoms. The van der Waals surface area contributed by atoms with Crippen molar-refractivity contribution in [1.82, 2.24) is 30.1 Å². The van der Waals surface area contributed by atoms with E-state index in [1.807, 2.05) is 26.0 Å². The number of hydrogen-bond donors (Lipinski definition) is 0. The third kappa shape index (κ3) is 3.59. The predicted molar refractivity (Wildman–Crippen MR) is 72.7 cm³/mol. The number of tetrazole rings is 1. The number of rotatable bonds is 5. The maximum absolute atomic E-state index is 12.1. The van der Waals surface area contributed by atoms with Crippen LogP contribution in [0.15, 0.2) is 24.7 Å². The molecule has 2 rings (SSSR count). The average molecular weight is 274 g/mol. The van der Waals surface area contributed by atoms with Crippen LogP contribution in [-0.4, -0.2) is 49.1 Å². The minimum absolute atomic E-state index is 0.0301. The molecular formula is C13H18N6O. The van der Waals surface area contributed by atoms with E-state index in [9.17, 15) is 4.79 Å². The van der Waals surface area contributed by atoms with Crippen LogP contribution < -0.4 is 0 Å². The number of aromatic nitrogens is 5. The average Bonchev–Trinajstić information content (AvgIpc) is 2.90. The smallest absolute Gasteiger partial charge is 0.244 e. The van der Waals surface area contributed by atoms with Crippen molar-refractivity contribution in [2.24, 2.45) is 0 Å². The molecule has 2 aromatic rings. The molecule has 0 saturated carbocycles. The molecule has 7 nitrogen and oxygen atoms in total. The standard InChI is InChI=1S/C13H18N6O/c1-10-4-5-14-12(6-10)7-11(2)18(3)13(20)8-19-9-15-16-17-19/h4-6,9,11H,7-8H2,1-3H3. The van der Waals surface area contributed by atoms with Gasteiger partial charge in [0, 0.05) is 31.4 Å². The lowest BCUT2D eigenvalue weighted by atomic mass is 10.1. The van der Waals surface area contributed by atoms with Crippen molar-refractivity contribution in [3.05, 3.63) is 35.9 Å². The van der Waals surface area contributed by atoms with Crippen LogP contribution in [0.5, 0.6) is 0 Å². The lowest BCUT2D eigenvalue weighted by Gasteiger charge is -2.24. The van der Waals surface area contributed by atoms with E-state index in [1.54, 1.807) is 18.1 Å². The van der Waals surface area contributed by atoms with Gasteiger partial charge in [-0.15, -0.1) is 5.10 Å². The van der Waals surface area contributed by atoms with E-state index in [1.165, 1.54) is 16.6 Å². The van der Waals surface area contributed by atoms with Gasteiger partial charge in [0.1, 0.15) is 12.9 Å². The molecule has 0 N–H and O–H groups in total. The number of carbonyl (C=O) groups is 1. The maximum atomic E-state index is 12.1. The molecule has 1 atom stereocenters. The molecule has 0 radical (unpaired) electrons. The number of aryl methyl sites for hydroxylation is 1. The third-order valence-corrected chi connectivity index (χ3v) is 3.22. The molecule has 0 fully saturated rings. The number of likely N-dealkylation sites (N-methyl/N-ethyl adjacent to an activating group) is 1. The lowest BCUT2D eigenvalue weighted by Crippen LogP contribution is -2.38. The van der Waals surface area contributed by atoms with Gasteiger partial charge >= 0.3 is 0 Å². The second-order valence-corrected chi connectivity index (χ2v) is 4.89. The topological polar surface area (TPSA) is 76.8 Å². The Kier molecular flexibility index (Phi) is 4.39. The van der Waals surface area contributed by atoms with Crippen molar-refractivity contribution in [2.75, 3.05) is 7.05 Å². The van der Waals surface area contributed by atoms with Crippen LogP contribution >= 0.6 is 0 Å². The number of nitrogens with zero attached hydrogens (tertiary/aromatic N) is 6. The highest BCUT2D eigenvalue weighted by molar-refractivity contribution is 5.75. The molecule has 2 heterocycles. The predicted octanol–water partition coefficient (Wildman–Crippen LogP) is 0.466. The molecule has 0 bridgehead atoms. The summed E-state index contributed by atoms with van der Waals surface area (Å²) in [6, 6.07) is 4.06. The summed E-state index contributed by atoms with van der Waals surface area (Å²) in [5, 5.41) is 10.7. The van der Waals surface area contributed by atoms with Crippen LogP contribution in [-0.2, 0) is 17.8 Å². The summed E-state index contributed by atoms with van der Waals surface area (Å²) in [6.07, 6.45) is 3.94. The monoisotopic (exact) mass is 274 g/mol. The Morgan fingerprint density at radius 3 is 2.95 bits per heavy atom. The first-order valence-corrected chi connectivity index (χ1v) is 6.44. The molecule has 0 spiro atoms. The summed E-state index contributed by atoms with van der Waals surface area (Å²) in [5.41, 5.74) is 2.16. The van der Waals surface area contributed by atoms with Crippen LogP contribution in [0.4, 0.5) is 0 Å². The van der Waals surface area contributed by atoms with E-state index in [4.69, 9.17) is 0 Å². The fraction of sp³-hybridized carbons (Fsp3) is 0.462. The van der Waals surface area contributed by atoms with Crippen molar-refractivity contribution >= 4 is 5.91 Å².